The molecule has 10 aromatic rings. The highest BCUT2D eigenvalue weighted by Gasteiger charge is 2.40. The van der Waals surface area contributed by atoms with Crippen molar-refractivity contribution in [1.29, 1.82) is 0 Å². The summed E-state index contributed by atoms with van der Waals surface area (Å²) in [6.07, 6.45) is 0. The van der Waals surface area contributed by atoms with Crippen LogP contribution in [0.1, 0.15) is 23.6 Å². The summed E-state index contributed by atoms with van der Waals surface area (Å²) < 4.78 is 9.24. The standard InChI is InChI=1S/C50H33NOS/c1-50(41-19-8-5-15-36(41)37-16-6-9-20-42(37)50)34-27-30-45-40(31-34)48-43(21-12-23-46(48)52-45)51(35-28-25-33(26-29-35)32-13-3-2-4-14-32)44-22-11-18-39-38-17-7-10-24-47(38)53-49(39)44/h2-31H,1H3. The van der Waals surface area contributed by atoms with Gasteiger partial charge in [0.05, 0.1) is 21.5 Å². The molecule has 250 valence electrons. The zero-order chi connectivity index (χ0) is 35.1. The second-order valence-corrected chi connectivity index (χ2v) is 15.2. The third-order valence-corrected chi connectivity index (χ3v) is 12.6. The van der Waals surface area contributed by atoms with E-state index in [1.807, 2.05) is 11.3 Å². The molecule has 0 bridgehead atoms. The summed E-state index contributed by atoms with van der Waals surface area (Å²) in [4.78, 5) is 2.44. The fourth-order valence-corrected chi connectivity index (χ4v) is 10.0. The molecule has 0 aliphatic heterocycles. The predicted octanol–water partition coefficient (Wildman–Crippen LogP) is 14.4. The first-order valence-corrected chi connectivity index (χ1v) is 19.0. The zero-order valence-electron chi connectivity index (χ0n) is 29.1. The number of nitrogens with zero attached hydrogens (tertiary/aromatic N) is 1. The molecule has 0 radical (unpaired) electrons. The smallest absolute Gasteiger partial charge is 0.137 e. The number of fused-ring (bicyclic) bond motifs is 9. The van der Waals surface area contributed by atoms with Crippen LogP contribution in [-0.4, -0.2) is 0 Å². The maximum absolute atomic E-state index is 6.69. The molecule has 1 aliphatic rings. The molecule has 8 aromatic carbocycles. The van der Waals surface area contributed by atoms with Crippen LogP contribution in [-0.2, 0) is 5.41 Å². The van der Waals surface area contributed by atoms with Crippen molar-refractivity contribution in [1.82, 2.24) is 0 Å². The molecule has 0 N–H and O–H groups in total. The lowest BCUT2D eigenvalue weighted by molar-refractivity contribution is 0.667. The molecule has 0 saturated heterocycles. The van der Waals surface area contributed by atoms with Gasteiger partial charge in [0.15, 0.2) is 0 Å². The average Bonchev–Trinajstić information content (AvgIpc) is 3.88. The summed E-state index contributed by atoms with van der Waals surface area (Å²) in [5.41, 5.74) is 13.7. The molecule has 0 amide bonds. The molecular weight excluding hydrogens is 663 g/mol. The molecule has 0 saturated carbocycles. The Bertz CT molecular complexity index is 2980. The first-order chi connectivity index (χ1) is 26.2. The highest BCUT2D eigenvalue weighted by molar-refractivity contribution is 7.26. The Morgan fingerprint density at radius 2 is 1.13 bits per heavy atom. The van der Waals surface area contributed by atoms with Crippen LogP contribution in [0.2, 0.25) is 0 Å². The van der Waals surface area contributed by atoms with E-state index < -0.39 is 0 Å². The van der Waals surface area contributed by atoms with Gasteiger partial charge in [-0.2, -0.15) is 0 Å². The van der Waals surface area contributed by atoms with Crippen molar-refractivity contribution >= 4 is 70.5 Å². The molecule has 53 heavy (non-hydrogen) atoms. The fraction of sp³-hybridized carbons (Fsp3) is 0.0400. The minimum absolute atomic E-state index is 0.310. The second-order valence-electron chi connectivity index (χ2n) is 14.2. The Morgan fingerprint density at radius 1 is 0.491 bits per heavy atom. The van der Waals surface area contributed by atoms with Gasteiger partial charge in [-0.15, -0.1) is 11.3 Å². The van der Waals surface area contributed by atoms with Crippen LogP contribution in [0, 0.1) is 0 Å². The van der Waals surface area contributed by atoms with Crippen molar-refractivity contribution in [3.8, 4) is 22.3 Å². The van der Waals surface area contributed by atoms with Crippen LogP contribution < -0.4 is 4.90 Å². The Kier molecular flexibility index (Phi) is 6.58. The molecule has 0 unspecified atom stereocenters. The topological polar surface area (TPSA) is 16.4 Å². The van der Waals surface area contributed by atoms with Crippen LogP contribution in [0.5, 0.6) is 0 Å². The van der Waals surface area contributed by atoms with Gasteiger partial charge >= 0.3 is 0 Å². The number of anilines is 3. The average molecular weight is 696 g/mol. The maximum atomic E-state index is 6.69. The van der Waals surface area contributed by atoms with Gasteiger partial charge in [-0.05, 0) is 94.4 Å². The lowest BCUT2D eigenvalue weighted by atomic mass is 9.74. The van der Waals surface area contributed by atoms with Gasteiger partial charge in [-0.3, -0.25) is 0 Å². The van der Waals surface area contributed by atoms with Gasteiger partial charge < -0.3 is 9.32 Å². The van der Waals surface area contributed by atoms with Crippen molar-refractivity contribution < 1.29 is 4.42 Å². The number of hydrogen-bond donors (Lipinski definition) is 0. The lowest BCUT2D eigenvalue weighted by Crippen LogP contribution is -2.22. The zero-order valence-corrected chi connectivity index (χ0v) is 29.9. The van der Waals surface area contributed by atoms with E-state index in [0.717, 1.165) is 39.0 Å². The van der Waals surface area contributed by atoms with Crippen molar-refractivity contribution in [3.63, 3.8) is 0 Å². The van der Waals surface area contributed by atoms with E-state index in [2.05, 4.69) is 194 Å². The Morgan fingerprint density at radius 3 is 1.92 bits per heavy atom. The first kappa shape index (κ1) is 30.2. The normalized spacial score (nSPS) is 13.2. The monoisotopic (exact) mass is 695 g/mol. The van der Waals surface area contributed by atoms with Gasteiger partial charge in [0, 0.05) is 32.0 Å². The Balaban J connectivity index is 1.17. The molecule has 3 heteroatoms. The largest absolute Gasteiger partial charge is 0.456 e. The third-order valence-electron chi connectivity index (χ3n) is 11.4. The van der Waals surface area contributed by atoms with Crippen LogP contribution in [0.3, 0.4) is 0 Å². The van der Waals surface area contributed by atoms with E-state index in [1.165, 1.54) is 59.1 Å². The maximum Gasteiger partial charge on any atom is 0.137 e. The molecule has 0 atom stereocenters. The summed E-state index contributed by atoms with van der Waals surface area (Å²) >= 11 is 1.86. The van der Waals surface area contributed by atoms with Crippen LogP contribution in [0.4, 0.5) is 17.1 Å². The van der Waals surface area contributed by atoms with Gasteiger partial charge in [0.1, 0.15) is 11.2 Å². The summed E-state index contributed by atoms with van der Waals surface area (Å²) in [6.45, 7) is 2.38. The van der Waals surface area contributed by atoms with Crippen LogP contribution in [0.25, 0.3) is 64.4 Å². The SMILES string of the molecule is CC1(c2ccc3oc4cccc(N(c5ccc(-c6ccccc6)cc5)c5cccc6c5sc5ccccc56)c4c3c2)c2ccccc2-c2ccccc21. The number of furan rings is 1. The Labute approximate surface area is 311 Å². The number of benzene rings is 8. The summed E-state index contributed by atoms with van der Waals surface area (Å²) in [6, 6.07) is 66.1. The summed E-state index contributed by atoms with van der Waals surface area (Å²) in [5, 5.41) is 4.78. The predicted molar refractivity (Wildman–Crippen MR) is 224 cm³/mol. The van der Waals surface area contributed by atoms with Gasteiger partial charge in [0.25, 0.3) is 0 Å². The Hall–Kier alpha value is -6.42. The minimum atomic E-state index is -0.310. The molecule has 2 nitrogen and oxygen atoms in total. The molecule has 2 aromatic heterocycles. The third kappa shape index (κ3) is 4.44. The summed E-state index contributed by atoms with van der Waals surface area (Å²) in [7, 11) is 0. The van der Waals surface area contributed by atoms with E-state index in [-0.39, 0.29) is 5.41 Å². The summed E-state index contributed by atoms with van der Waals surface area (Å²) in [5.74, 6) is 0. The van der Waals surface area contributed by atoms with Gasteiger partial charge in [0.2, 0.25) is 0 Å². The van der Waals surface area contributed by atoms with E-state index in [4.69, 9.17) is 4.42 Å². The molecule has 0 spiro atoms. The van der Waals surface area contributed by atoms with E-state index in [9.17, 15) is 0 Å². The highest BCUT2D eigenvalue weighted by atomic mass is 32.1. The fourth-order valence-electron chi connectivity index (χ4n) is 8.82. The molecular formula is C50H33NOS. The molecule has 11 rings (SSSR count). The van der Waals surface area contributed by atoms with Crippen molar-refractivity contribution in [2.24, 2.45) is 0 Å². The van der Waals surface area contributed by atoms with Crippen LogP contribution in [0.15, 0.2) is 186 Å². The van der Waals surface area contributed by atoms with Crippen molar-refractivity contribution in [2.45, 2.75) is 12.3 Å². The van der Waals surface area contributed by atoms with E-state index in [0.29, 0.717) is 0 Å². The lowest BCUT2D eigenvalue weighted by Gasteiger charge is -2.29. The van der Waals surface area contributed by atoms with Crippen molar-refractivity contribution in [3.05, 3.63) is 199 Å². The molecule has 1 aliphatic carbocycles. The number of rotatable bonds is 5. The van der Waals surface area contributed by atoms with E-state index in [1.54, 1.807) is 0 Å². The molecule has 2 heterocycles. The van der Waals surface area contributed by atoms with Crippen LogP contribution >= 0.6 is 11.3 Å². The van der Waals surface area contributed by atoms with Gasteiger partial charge in [-0.1, -0.05) is 133 Å². The number of hydrogen-bond acceptors (Lipinski definition) is 3. The van der Waals surface area contributed by atoms with Crippen molar-refractivity contribution in [2.75, 3.05) is 4.90 Å². The minimum Gasteiger partial charge on any atom is -0.456 e. The second kappa shape index (κ2) is 11.5. The van der Waals surface area contributed by atoms with E-state index >= 15 is 0 Å². The van der Waals surface area contributed by atoms with Gasteiger partial charge in [-0.25, -0.2) is 0 Å². The number of thiophene rings is 1. The highest BCUT2D eigenvalue weighted by Crippen LogP contribution is 2.54. The molecule has 0 fully saturated rings. The quantitative estimate of drug-likeness (QED) is 0.178. The first-order valence-electron chi connectivity index (χ1n) is 18.2.